The summed E-state index contributed by atoms with van der Waals surface area (Å²) in [5.41, 5.74) is 11.6. The van der Waals surface area contributed by atoms with E-state index in [1.54, 1.807) is 0 Å². The van der Waals surface area contributed by atoms with Gasteiger partial charge in [0.2, 0.25) is 0 Å². The number of benzene rings is 8. The molecule has 0 unspecified atom stereocenters. The number of para-hydroxylation sites is 1. The molecule has 0 amide bonds. The first-order valence-corrected chi connectivity index (χ1v) is 18.4. The lowest BCUT2D eigenvalue weighted by Crippen LogP contribution is -1.93. The van der Waals surface area contributed by atoms with Crippen LogP contribution in [0, 0.1) is 0 Å². The van der Waals surface area contributed by atoms with Gasteiger partial charge in [-0.1, -0.05) is 97.1 Å². The highest BCUT2D eigenvalue weighted by molar-refractivity contribution is 7.26. The molecule has 12 rings (SSSR count). The minimum Gasteiger partial charge on any atom is -0.309 e. The summed E-state index contributed by atoms with van der Waals surface area (Å²) >= 11 is 3.79. The molecular weight excluding hydrogens is 631 g/mol. The number of rotatable bonds is 2. The zero-order chi connectivity index (χ0) is 31.8. The topological polar surface area (TPSA) is 4.93 Å². The standard InChI is InChI=1S/C46H25NS2/c1-2-9-30-29(8-1)34-12-7-13-35-45(34)37(30)25-44-46(35)38-23-27(17-21-42(38)49-44)26-16-20-40-36(22-26)31-10-3-5-14-39(31)47(40)28-18-19-33-32-11-4-6-15-41(32)48-43(33)24-28/h1-25H. The van der Waals surface area contributed by atoms with Crippen molar-refractivity contribution in [3.63, 3.8) is 0 Å². The zero-order valence-corrected chi connectivity index (χ0v) is 27.8. The molecule has 0 bridgehead atoms. The molecule has 0 radical (unpaired) electrons. The molecule has 0 atom stereocenters. The molecule has 226 valence electrons. The fourth-order valence-corrected chi connectivity index (χ4v) is 10.9. The van der Waals surface area contributed by atoms with E-state index in [9.17, 15) is 0 Å². The van der Waals surface area contributed by atoms with E-state index < -0.39 is 0 Å². The van der Waals surface area contributed by atoms with Gasteiger partial charge in [0.25, 0.3) is 0 Å². The van der Waals surface area contributed by atoms with Gasteiger partial charge in [0.1, 0.15) is 0 Å². The fraction of sp³-hybridized carbons (Fsp3) is 0. The molecule has 1 aliphatic rings. The van der Waals surface area contributed by atoms with Crippen LogP contribution in [0.2, 0.25) is 0 Å². The molecule has 11 aromatic rings. The molecule has 8 aromatic carbocycles. The summed E-state index contributed by atoms with van der Waals surface area (Å²) < 4.78 is 7.80. The molecule has 0 spiro atoms. The van der Waals surface area contributed by atoms with Crippen LogP contribution in [0.3, 0.4) is 0 Å². The average molecular weight is 656 g/mol. The van der Waals surface area contributed by atoms with Crippen LogP contribution in [0.15, 0.2) is 152 Å². The molecular formula is C46H25NS2. The monoisotopic (exact) mass is 655 g/mol. The number of hydrogen-bond donors (Lipinski definition) is 0. The largest absolute Gasteiger partial charge is 0.309 e. The summed E-state index contributed by atoms with van der Waals surface area (Å²) in [5, 5.41) is 10.7. The average Bonchev–Trinajstić information content (AvgIpc) is 3.89. The predicted octanol–water partition coefficient (Wildman–Crippen LogP) is 14.0. The Morgan fingerprint density at radius 3 is 1.90 bits per heavy atom. The van der Waals surface area contributed by atoms with Gasteiger partial charge in [-0.3, -0.25) is 0 Å². The van der Waals surface area contributed by atoms with Crippen molar-refractivity contribution >= 4 is 95.6 Å². The maximum atomic E-state index is 2.44. The molecule has 1 aliphatic carbocycles. The summed E-state index contributed by atoms with van der Waals surface area (Å²) in [6.45, 7) is 0. The van der Waals surface area contributed by atoms with Crippen LogP contribution in [0.4, 0.5) is 0 Å². The predicted molar refractivity (Wildman–Crippen MR) is 214 cm³/mol. The summed E-state index contributed by atoms with van der Waals surface area (Å²) in [5.74, 6) is 0. The second-order valence-electron chi connectivity index (χ2n) is 13.2. The van der Waals surface area contributed by atoms with Crippen LogP contribution in [0.1, 0.15) is 0 Å². The molecule has 0 aliphatic heterocycles. The third-order valence-corrected chi connectivity index (χ3v) is 13.0. The van der Waals surface area contributed by atoms with Gasteiger partial charge in [0, 0.05) is 56.8 Å². The smallest absolute Gasteiger partial charge is 0.0541 e. The van der Waals surface area contributed by atoms with Crippen LogP contribution in [0.25, 0.3) is 112 Å². The van der Waals surface area contributed by atoms with E-state index in [4.69, 9.17) is 0 Å². The molecule has 0 fully saturated rings. The molecule has 3 heterocycles. The highest BCUT2D eigenvalue weighted by Crippen LogP contribution is 2.52. The number of fused-ring (bicyclic) bond motifs is 13. The van der Waals surface area contributed by atoms with E-state index in [0.717, 1.165) is 0 Å². The van der Waals surface area contributed by atoms with Crippen molar-refractivity contribution in [1.29, 1.82) is 0 Å². The quantitative estimate of drug-likeness (QED) is 0.175. The Bertz CT molecular complexity index is 3220. The molecule has 3 heteroatoms. The molecule has 49 heavy (non-hydrogen) atoms. The number of aromatic nitrogens is 1. The van der Waals surface area contributed by atoms with Gasteiger partial charge >= 0.3 is 0 Å². The van der Waals surface area contributed by atoms with Gasteiger partial charge in [0.05, 0.1) is 11.0 Å². The van der Waals surface area contributed by atoms with Crippen LogP contribution in [-0.4, -0.2) is 4.57 Å². The Morgan fingerprint density at radius 2 is 0.980 bits per heavy atom. The van der Waals surface area contributed by atoms with Crippen molar-refractivity contribution in [3.05, 3.63) is 152 Å². The second-order valence-corrected chi connectivity index (χ2v) is 15.4. The lowest BCUT2D eigenvalue weighted by Gasteiger charge is -2.09. The van der Waals surface area contributed by atoms with E-state index in [-0.39, 0.29) is 0 Å². The lowest BCUT2D eigenvalue weighted by atomic mass is 9.96. The van der Waals surface area contributed by atoms with Crippen LogP contribution in [0.5, 0.6) is 0 Å². The van der Waals surface area contributed by atoms with E-state index in [1.807, 2.05) is 22.7 Å². The molecule has 1 nitrogen and oxygen atoms in total. The van der Waals surface area contributed by atoms with Gasteiger partial charge in [-0.15, -0.1) is 22.7 Å². The van der Waals surface area contributed by atoms with Gasteiger partial charge in [-0.2, -0.15) is 0 Å². The van der Waals surface area contributed by atoms with Crippen molar-refractivity contribution in [2.75, 3.05) is 0 Å². The molecule has 0 saturated heterocycles. The van der Waals surface area contributed by atoms with Gasteiger partial charge in [0.15, 0.2) is 0 Å². The first kappa shape index (κ1) is 26.2. The Kier molecular flexibility index (Phi) is 5.06. The minimum atomic E-state index is 1.20. The highest BCUT2D eigenvalue weighted by atomic mass is 32.1. The third kappa shape index (κ3) is 3.48. The minimum absolute atomic E-state index is 1.20. The van der Waals surface area contributed by atoms with Gasteiger partial charge in [-0.05, 0) is 98.8 Å². The second kappa shape index (κ2) is 9.45. The normalized spacial score (nSPS) is 12.5. The van der Waals surface area contributed by atoms with Gasteiger partial charge in [-0.25, -0.2) is 0 Å². The fourth-order valence-electron chi connectivity index (χ4n) is 8.60. The van der Waals surface area contributed by atoms with Gasteiger partial charge < -0.3 is 4.57 Å². The van der Waals surface area contributed by atoms with Crippen molar-refractivity contribution in [3.8, 4) is 39.1 Å². The number of nitrogens with zero attached hydrogens (tertiary/aromatic N) is 1. The Hall–Kier alpha value is -5.74. The van der Waals surface area contributed by atoms with Crippen molar-refractivity contribution in [2.24, 2.45) is 0 Å². The summed E-state index contributed by atoms with van der Waals surface area (Å²) in [6.07, 6.45) is 0. The van der Waals surface area contributed by atoms with Crippen LogP contribution < -0.4 is 0 Å². The summed E-state index contributed by atoms with van der Waals surface area (Å²) in [7, 11) is 0. The molecule has 3 aromatic heterocycles. The maximum Gasteiger partial charge on any atom is 0.0541 e. The van der Waals surface area contributed by atoms with Crippen LogP contribution >= 0.6 is 22.7 Å². The Balaban J connectivity index is 1.06. The van der Waals surface area contributed by atoms with Crippen molar-refractivity contribution < 1.29 is 0 Å². The number of thiophene rings is 2. The molecule has 0 N–H and O–H groups in total. The first-order valence-electron chi connectivity index (χ1n) is 16.8. The van der Waals surface area contributed by atoms with Crippen LogP contribution in [-0.2, 0) is 0 Å². The Labute approximate surface area is 289 Å². The highest BCUT2D eigenvalue weighted by Gasteiger charge is 2.24. The van der Waals surface area contributed by atoms with Crippen molar-refractivity contribution in [1.82, 2.24) is 4.57 Å². The zero-order valence-electron chi connectivity index (χ0n) is 26.2. The van der Waals surface area contributed by atoms with E-state index >= 15 is 0 Å². The lowest BCUT2D eigenvalue weighted by molar-refractivity contribution is 1.19. The van der Waals surface area contributed by atoms with E-state index in [2.05, 4.69) is 156 Å². The summed E-state index contributed by atoms with van der Waals surface area (Å²) in [6, 6.07) is 56.8. The SMILES string of the molecule is c1ccc2c(c1)-c1cccc3c1c-2cc1sc2ccc(-c4ccc5c(c4)c4ccccc4n5-c4ccc5c(c4)sc4ccccc45)cc2c13. The Morgan fingerprint density at radius 1 is 0.327 bits per heavy atom. The molecule has 0 saturated carbocycles. The van der Waals surface area contributed by atoms with E-state index in [0.29, 0.717) is 0 Å². The first-order chi connectivity index (χ1) is 24.3. The van der Waals surface area contributed by atoms with Crippen molar-refractivity contribution in [2.45, 2.75) is 0 Å². The maximum absolute atomic E-state index is 2.44. The van der Waals surface area contributed by atoms with E-state index in [1.165, 1.54) is 112 Å². The number of hydrogen-bond acceptors (Lipinski definition) is 2. The third-order valence-electron chi connectivity index (χ3n) is 10.7. The summed E-state index contributed by atoms with van der Waals surface area (Å²) in [4.78, 5) is 0.